The highest BCUT2D eigenvalue weighted by Gasteiger charge is 2.85. The largest absolute Gasteiger partial charge is 0.467 e. The Balaban J connectivity index is 1.66. The van der Waals surface area contributed by atoms with Crippen molar-refractivity contribution in [2.75, 3.05) is 13.7 Å². The summed E-state index contributed by atoms with van der Waals surface area (Å²) in [6.45, 7) is 8.85. The molecule has 13 heteroatoms. The Hall–Kier alpha value is -3.13. The van der Waals surface area contributed by atoms with E-state index in [2.05, 4.69) is 0 Å². The van der Waals surface area contributed by atoms with Gasteiger partial charge in [-0.2, -0.15) is 0 Å². The second kappa shape index (κ2) is 9.94. The first-order chi connectivity index (χ1) is 19.9. The van der Waals surface area contributed by atoms with Gasteiger partial charge in [-0.05, 0) is 51.7 Å². The van der Waals surface area contributed by atoms with Crippen molar-refractivity contribution in [3.63, 3.8) is 0 Å². The van der Waals surface area contributed by atoms with Gasteiger partial charge < -0.3 is 39.0 Å². The Morgan fingerprint density at radius 2 is 1.77 bits per heavy atom. The molecule has 43 heavy (non-hydrogen) atoms. The van der Waals surface area contributed by atoms with Gasteiger partial charge in [-0.15, -0.1) is 0 Å². The van der Waals surface area contributed by atoms with Crippen LogP contribution in [-0.4, -0.2) is 100 Å². The molecule has 2 bridgehead atoms. The number of hydrogen-bond acceptors (Lipinski definition) is 13. The highest BCUT2D eigenvalue weighted by molar-refractivity contribution is 5.96. The molecule has 3 N–H and O–H groups in total. The maximum Gasteiger partial charge on any atom is 0.348 e. The monoisotopic (exact) mass is 606 g/mol. The molecule has 5 aliphatic rings. The molecule has 236 valence electrons. The van der Waals surface area contributed by atoms with E-state index in [0.29, 0.717) is 5.57 Å². The van der Waals surface area contributed by atoms with Crippen LogP contribution in [0.15, 0.2) is 23.3 Å². The molecule has 0 aromatic carbocycles. The lowest BCUT2D eigenvalue weighted by Gasteiger charge is -2.67. The number of methoxy groups -OCH3 is 1. The van der Waals surface area contributed by atoms with Crippen LogP contribution in [0.2, 0.25) is 0 Å². The van der Waals surface area contributed by atoms with E-state index >= 15 is 0 Å². The highest BCUT2D eigenvalue weighted by atomic mass is 16.6. The molecule has 13 nitrogen and oxygen atoms in total. The molecule has 0 radical (unpaired) electrons. The van der Waals surface area contributed by atoms with Crippen LogP contribution in [-0.2, 0) is 47.7 Å². The topological polar surface area (TPSA) is 192 Å². The van der Waals surface area contributed by atoms with Crippen molar-refractivity contribution in [1.29, 1.82) is 0 Å². The van der Waals surface area contributed by atoms with Crippen LogP contribution in [0.25, 0.3) is 0 Å². The normalized spacial score (nSPS) is 43.5. The Kier molecular flexibility index (Phi) is 7.24. The maximum atomic E-state index is 13.6. The Bertz CT molecular complexity index is 1350. The average Bonchev–Trinajstić information content (AvgIpc) is 3.22. The van der Waals surface area contributed by atoms with Crippen LogP contribution in [0, 0.1) is 28.6 Å². The third-order valence-corrected chi connectivity index (χ3v) is 10.8. The van der Waals surface area contributed by atoms with Crippen molar-refractivity contribution < 1.29 is 63.0 Å². The van der Waals surface area contributed by atoms with Crippen molar-refractivity contribution in [2.45, 2.75) is 89.7 Å². The average molecular weight is 607 g/mol. The van der Waals surface area contributed by atoms with Crippen molar-refractivity contribution in [3.8, 4) is 0 Å². The lowest BCUT2D eigenvalue weighted by Crippen LogP contribution is -2.80. The van der Waals surface area contributed by atoms with Crippen LogP contribution in [0.4, 0.5) is 0 Å². The van der Waals surface area contributed by atoms with E-state index in [-0.39, 0.29) is 18.6 Å². The standard InChI is InChI=1S/C30H38O13/c1-12-8-16(32)23(35)28(6)15(12)10-17-29-11-40-30(26(38)39-7,24(36)19(34)21(28)29)22(29)20(25(37)41-17)42-18(33)9-13(2)27(4,5)43-14(3)31/h8-9,15,17,19-24,34-36H,10-11H2,1-7H3/b13-9+/t15-,17+,19+,20+,21+,22+,23+,24-,28-,29+,30+/m0/s1. The summed E-state index contributed by atoms with van der Waals surface area (Å²) in [7, 11) is 1.05. The van der Waals surface area contributed by atoms with Crippen molar-refractivity contribution in [2.24, 2.45) is 28.6 Å². The van der Waals surface area contributed by atoms with Crippen molar-refractivity contribution in [3.05, 3.63) is 23.3 Å². The van der Waals surface area contributed by atoms with E-state index in [4.69, 9.17) is 23.7 Å². The molecule has 0 aromatic heterocycles. The Labute approximate surface area is 248 Å². The molecule has 3 aliphatic carbocycles. The second-order valence-corrected chi connectivity index (χ2v) is 13.1. The number of rotatable bonds is 5. The molecule has 0 amide bonds. The van der Waals surface area contributed by atoms with Gasteiger partial charge in [0.15, 0.2) is 5.78 Å². The quantitative estimate of drug-likeness (QED) is 0.214. The van der Waals surface area contributed by atoms with Gasteiger partial charge >= 0.3 is 23.9 Å². The molecule has 2 saturated carbocycles. The second-order valence-electron chi connectivity index (χ2n) is 13.1. The number of aliphatic hydroxyl groups excluding tert-OH is 3. The number of ether oxygens (including phenoxy) is 5. The van der Waals surface area contributed by atoms with E-state index in [1.807, 2.05) is 0 Å². The number of hydrogen-bond donors (Lipinski definition) is 3. The van der Waals surface area contributed by atoms with E-state index < -0.39 is 100.0 Å². The zero-order valence-electron chi connectivity index (χ0n) is 25.1. The Morgan fingerprint density at radius 3 is 2.37 bits per heavy atom. The number of carbonyl (C=O) groups is 5. The molecule has 5 rings (SSSR count). The molecule has 2 aliphatic heterocycles. The summed E-state index contributed by atoms with van der Waals surface area (Å²) in [4.78, 5) is 64.9. The summed E-state index contributed by atoms with van der Waals surface area (Å²) in [5, 5.41) is 34.7. The number of esters is 4. The molecule has 2 heterocycles. The third-order valence-electron chi connectivity index (χ3n) is 10.8. The molecule has 11 atom stereocenters. The SMILES string of the molecule is COC(=O)[C@]12OC[C@]34[C@H]([C@@H](O)[C@@H]1O)[C@@]1(C)[C@H](O)C(=O)C=C(C)[C@@H]1C[C@H]3OC(=O)[C@H](OC(=O)/C=C(\C)C(C)(C)OC(C)=O)[C@@H]24. The molecular formula is C30H38O13. The first-order valence-corrected chi connectivity index (χ1v) is 14.2. The van der Waals surface area contributed by atoms with Gasteiger partial charge in [0.1, 0.15) is 23.9 Å². The summed E-state index contributed by atoms with van der Waals surface area (Å²) < 4.78 is 27.9. The predicted octanol–water partition coefficient (Wildman–Crippen LogP) is -0.0761. The van der Waals surface area contributed by atoms with E-state index in [9.17, 15) is 39.3 Å². The van der Waals surface area contributed by atoms with E-state index in [1.54, 1.807) is 27.7 Å². The molecular weight excluding hydrogens is 568 g/mol. The summed E-state index contributed by atoms with van der Waals surface area (Å²) in [5.41, 5.74) is -5.52. The number of ketones is 1. The number of allylic oxidation sites excluding steroid dienone is 1. The lowest BCUT2D eigenvalue weighted by molar-refractivity contribution is -0.297. The zero-order chi connectivity index (χ0) is 32.0. The number of carbonyl (C=O) groups excluding carboxylic acids is 5. The molecule has 0 unspecified atom stereocenters. The van der Waals surface area contributed by atoms with Crippen LogP contribution in [0.3, 0.4) is 0 Å². The van der Waals surface area contributed by atoms with E-state index in [0.717, 1.165) is 13.2 Å². The minimum atomic E-state index is -2.35. The summed E-state index contributed by atoms with van der Waals surface area (Å²) in [5.74, 6) is -7.41. The van der Waals surface area contributed by atoms with Gasteiger partial charge in [-0.3, -0.25) is 9.59 Å². The fourth-order valence-electron chi connectivity index (χ4n) is 8.76. The van der Waals surface area contributed by atoms with Gasteiger partial charge in [-0.25, -0.2) is 14.4 Å². The van der Waals surface area contributed by atoms with Gasteiger partial charge in [0.25, 0.3) is 0 Å². The van der Waals surface area contributed by atoms with Crippen LogP contribution < -0.4 is 0 Å². The first kappa shape index (κ1) is 31.3. The van der Waals surface area contributed by atoms with Crippen LogP contribution >= 0.6 is 0 Å². The summed E-state index contributed by atoms with van der Waals surface area (Å²) in [6, 6.07) is 0. The maximum absolute atomic E-state index is 13.6. The van der Waals surface area contributed by atoms with E-state index in [1.165, 1.54) is 19.9 Å². The first-order valence-electron chi connectivity index (χ1n) is 14.2. The zero-order valence-corrected chi connectivity index (χ0v) is 25.1. The fraction of sp³-hybridized carbons (Fsp3) is 0.700. The van der Waals surface area contributed by atoms with Gasteiger partial charge in [-0.1, -0.05) is 12.5 Å². The lowest BCUT2D eigenvalue weighted by atomic mass is 9.38. The molecule has 4 fully saturated rings. The smallest absolute Gasteiger partial charge is 0.348 e. The van der Waals surface area contributed by atoms with Gasteiger partial charge in [0.2, 0.25) is 11.7 Å². The summed E-state index contributed by atoms with van der Waals surface area (Å²) in [6.07, 6.45) is -5.67. The number of fused-ring (bicyclic) bond motifs is 2. The third kappa shape index (κ3) is 4.00. The van der Waals surface area contributed by atoms with Crippen molar-refractivity contribution >= 4 is 29.7 Å². The summed E-state index contributed by atoms with van der Waals surface area (Å²) >= 11 is 0. The molecule has 1 spiro atoms. The predicted molar refractivity (Wildman–Crippen MR) is 142 cm³/mol. The molecule has 0 aromatic rings. The van der Waals surface area contributed by atoms with Crippen LogP contribution in [0.1, 0.15) is 48.0 Å². The minimum absolute atomic E-state index is 0.113. The molecule has 2 saturated heterocycles. The highest BCUT2D eigenvalue weighted by Crippen LogP contribution is 2.72. The minimum Gasteiger partial charge on any atom is -0.467 e. The Morgan fingerprint density at radius 1 is 1.12 bits per heavy atom. The van der Waals surface area contributed by atoms with Gasteiger partial charge in [0.05, 0.1) is 25.7 Å². The number of aliphatic hydroxyl groups is 3. The van der Waals surface area contributed by atoms with Crippen LogP contribution in [0.5, 0.6) is 0 Å². The fourth-order valence-corrected chi connectivity index (χ4v) is 8.76. The van der Waals surface area contributed by atoms with Crippen molar-refractivity contribution in [1.82, 2.24) is 0 Å². The van der Waals surface area contributed by atoms with Gasteiger partial charge in [0, 0.05) is 29.7 Å².